The number of fused-ring (bicyclic) bond motifs is 1. The molecule has 1 aliphatic rings. The molecule has 100 valence electrons. The molecule has 1 aliphatic carbocycles. The van der Waals surface area contributed by atoms with Gasteiger partial charge in [0.2, 0.25) is 0 Å². The van der Waals surface area contributed by atoms with Crippen LogP contribution >= 0.6 is 0 Å². The summed E-state index contributed by atoms with van der Waals surface area (Å²) in [6, 6.07) is -0.0444. The molecule has 19 heavy (non-hydrogen) atoms. The number of imidazole rings is 1. The van der Waals surface area contributed by atoms with Gasteiger partial charge in [-0.1, -0.05) is 12.2 Å². The molecular weight excluding hydrogens is 246 g/mol. The molecule has 3 unspecified atom stereocenters. The van der Waals surface area contributed by atoms with Crippen LogP contribution in [0.5, 0.6) is 0 Å². The molecular formula is C12H15N5O2. The summed E-state index contributed by atoms with van der Waals surface area (Å²) >= 11 is 0. The third-order valence-corrected chi connectivity index (χ3v) is 3.51. The van der Waals surface area contributed by atoms with Gasteiger partial charge in [0.15, 0.2) is 11.5 Å². The Morgan fingerprint density at radius 1 is 1.32 bits per heavy atom. The van der Waals surface area contributed by atoms with Gasteiger partial charge >= 0.3 is 0 Å². The summed E-state index contributed by atoms with van der Waals surface area (Å²) in [5, 5.41) is 19.1. The summed E-state index contributed by atoms with van der Waals surface area (Å²) in [6.45, 7) is -0.0514. The molecule has 0 spiro atoms. The Bertz CT molecular complexity index is 624. The van der Waals surface area contributed by atoms with Gasteiger partial charge in [0.05, 0.1) is 25.1 Å². The lowest BCUT2D eigenvalue weighted by Crippen LogP contribution is -2.29. The second kappa shape index (κ2) is 4.60. The van der Waals surface area contributed by atoms with Crippen molar-refractivity contribution in [2.75, 3.05) is 12.3 Å². The van der Waals surface area contributed by atoms with Crippen molar-refractivity contribution in [1.29, 1.82) is 0 Å². The third kappa shape index (κ3) is 1.96. The largest absolute Gasteiger partial charge is 0.396 e. The third-order valence-electron chi connectivity index (χ3n) is 3.51. The number of aromatic nitrogens is 4. The van der Waals surface area contributed by atoms with Gasteiger partial charge < -0.3 is 20.5 Å². The number of anilines is 1. The monoisotopic (exact) mass is 261 g/mol. The second-order valence-electron chi connectivity index (χ2n) is 4.68. The molecule has 0 aromatic carbocycles. The first-order chi connectivity index (χ1) is 9.20. The Kier molecular flexibility index (Phi) is 2.92. The van der Waals surface area contributed by atoms with E-state index < -0.39 is 6.10 Å². The van der Waals surface area contributed by atoms with E-state index in [1.165, 1.54) is 6.33 Å². The van der Waals surface area contributed by atoms with Gasteiger partial charge in [0.1, 0.15) is 11.8 Å². The van der Waals surface area contributed by atoms with Gasteiger partial charge in [0, 0.05) is 5.92 Å². The highest BCUT2D eigenvalue weighted by Crippen LogP contribution is 2.29. The Morgan fingerprint density at radius 2 is 2.16 bits per heavy atom. The highest BCUT2D eigenvalue weighted by molar-refractivity contribution is 5.81. The molecule has 0 fully saturated rings. The van der Waals surface area contributed by atoms with Crippen molar-refractivity contribution in [3.8, 4) is 0 Å². The van der Waals surface area contributed by atoms with E-state index in [4.69, 9.17) is 10.8 Å². The maximum atomic E-state index is 9.96. The summed E-state index contributed by atoms with van der Waals surface area (Å²) in [5.74, 6) is 0.142. The van der Waals surface area contributed by atoms with E-state index in [0.717, 1.165) is 0 Å². The average molecular weight is 261 g/mol. The smallest absolute Gasteiger partial charge is 0.165 e. The summed E-state index contributed by atoms with van der Waals surface area (Å²) in [5.41, 5.74) is 6.96. The summed E-state index contributed by atoms with van der Waals surface area (Å²) in [4.78, 5) is 12.3. The fourth-order valence-corrected chi connectivity index (χ4v) is 2.40. The van der Waals surface area contributed by atoms with Crippen molar-refractivity contribution in [3.05, 3.63) is 24.8 Å². The van der Waals surface area contributed by atoms with Crippen LogP contribution < -0.4 is 5.73 Å². The first-order valence-electron chi connectivity index (χ1n) is 6.11. The first-order valence-corrected chi connectivity index (χ1v) is 6.11. The molecule has 3 rings (SSSR count). The van der Waals surface area contributed by atoms with Crippen LogP contribution in [-0.4, -0.2) is 42.4 Å². The normalized spacial score (nSPS) is 26.9. The van der Waals surface area contributed by atoms with E-state index >= 15 is 0 Å². The van der Waals surface area contributed by atoms with Crippen molar-refractivity contribution in [3.63, 3.8) is 0 Å². The number of hydrogen-bond donors (Lipinski definition) is 3. The summed E-state index contributed by atoms with van der Waals surface area (Å²) < 4.78 is 1.86. The maximum absolute atomic E-state index is 9.96. The lowest BCUT2D eigenvalue weighted by Gasteiger charge is -2.27. The van der Waals surface area contributed by atoms with E-state index in [-0.39, 0.29) is 18.6 Å². The van der Waals surface area contributed by atoms with E-state index in [0.29, 0.717) is 23.4 Å². The molecule has 0 radical (unpaired) electrons. The molecule has 2 aromatic heterocycles. The van der Waals surface area contributed by atoms with Gasteiger partial charge in [-0.3, -0.25) is 0 Å². The number of aliphatic hydroxyl groups is 2. The van der Waals surface area contributed by atoms with Crippen molar-refractivity contribution < 1.29 is 10.2 Å². The second-order valence-corrected chi connectivity index (χ2v) is 4.68. The predicted octanol–water partition coefficient (Wildman–Crippen LogP) is -0.121. The minimum absolute atomic E-state index is 0.0444. The zero-order valence-electron chi connectivity index (χ0n) is 10.2. The van der Waals surface area contributed by atoms with Crippen LogP contribution in [0.1, 0.15) is 12.5 Å². The topological polar surface area (TPSA) is 110 Å². The van der Waals surface area contributed by atoms with Crippen LogP contribution in [0.25, 0.3) is 11.2 Å². The lowest BCUT2D eigenvalue weighted by molar-refractivity contribution is 0.0702. The van der Waals surface area contributed by atoms with Crippen molar-refractivity contribution >= 4 is 17.0 Å². The van der Waals surface area contributed by atoms with Crippen LogP contribution in [0, 0.1) is 5.92 Å². The SMILES string of the molecule is Nc1ncnc2c1ncn2C1C=CC(CO)C(O)C1. The van der Waals surface area contributed by atoms with E-state index in [1.54, 1.807) is 6.33 Å². The highest BCUT2D eigenvalue weighted by Gasteiger charge is 2.26. The van der Waals surface area contributed by atoms with Gasteiger partial charge in [-0.2, -0.15) is 0 Å². The molecule has 4 N–H and O–H groups in total. The predicted molar refractivity (Wildman–Crippen MR) is 69.1 cm³/mol. The standard InChI is InChI=1S/C12H15N5O2/c13-11-10-12(15-5-14-11)17(6-16-10)8-2-1-7(4-18)9(19)3-8/h1-2,5-9,18-19H,3-4H2,(H2,13,14,15). The van der Waals surface area contributed by atoms with Gasteiger partial charge in [-0.05, 0) is 6.42 Å². The minimum atomic E-state index is -0.573. The zero-order chi connectivity index (χ0) is 13.4. The molecule has 0 amide bonds. The number of nitrogens with zero attached hydrogens (tertiary/aromatic N) is 4. The molecule has 0 saturated heterocycles. The van der Waals surface area contributed by atoms with E-state index in [2.05, 4.69) is 15.0 Å². The van der Waals surface area contributed by atoms with Gasteiger partial charge in [-0.25, -0.2) is 15.0 Å². The van der Waals surface area contributed by atoms with E-state index in [1.807, 2.05) is 16.7 Å². The maximum Gasteiger partial charge on any atom is 0.165 e. The van der Waals surface area contributed by atoms with Gasteiger partial charge in [-0.15, -0.1) is 0 Å². The van der Waals surface area contributed by atoms with Crippen LogP contribution in [-0.2, 0) is 0 Å². The Morgan fingerprint density at radius 3 is 2.89 bits per heavy atom. The van der Waals surface area contributed by atoms with Crippen LogP contribution in [0.2, 0.25) is 0 Å². The number of nitrogens with two attached hydrogens (primary N) is 1. The molecule has 0 saturated carbocycles. The molecule has 3 atom stereocenters. The quantitative estimate of drug-likeness (QED) is 0.650. The van der Waals surface area contributed by atoms with Crippen molar-refractivity contribution in [2.24, 2.45) is 5.92 Å². The summed E-state index contributed by atoms with van der Waals surface area (Å²) in [7, 11) is 0. The number of nitrogen functional groups attached to an aromatic ring is 1. The Hall–Kier alpha value is -1.99. The fraction of sp³-hybridized carbons (Fsp3) is 0.417. The number of rotatable bonds is 2. The van der Waals surface area contributed by atoms with Gasteiger partial charge in [0.25, 0.3) is 0 Å². The van der Waals surface area contributed by atoms with Crippen LogP contribution in [0.15, 0.2) is 24.8 Å². The zero-order valence-corrected chi connectivity index (χ0v) is 10.2. The van der Waals surface area contributed by atoms with Crippen molar-refractivity contribution in [2.45, 2.75) is 18.6 Å². The number of hydrogen-bond acceptors (Lipinski definition) is 6. The molecule has 0 bridgehead atoms. The van der Waals surface area contributed by atoms with Crippen LogP contribution in [0.4, 0.5) is 5.82 Å². The highest BCUT2D eigenvalue weighted by atomic mass is 16.3. The Labute approximate surface area is 109 Å². The molecule has 2 aromatic rings. The van der Waals surface area contributed by atoms with E-state index in [9.17, 15) is 5.11 Å². The van der Waals surface area contributed by atoms with Crippen LogP contribution in [0.3, 0.4) is 0 Å². The Balaban J connectivity index is 2.00. The lowest BCUT2D eigenvalue weighted by atomic mass is 9.90. The first kappa shape index (κ1) is 12.1. The van der Waals surface area contributed by atoms with Crippen molar-refractivity contribution in [1.82, 2.24) is 19.5 Å². The molecule has 7 nitrogen and oxygen atoms in total. The number of allylic oxidation sites excluding steroid dienone is 1. The average Bonchev–Trinajstić information content (AvgIpc) is 2.84. The molecule has 2 heterocycles. The minimum Gasteiger partial charge on any atom is -0.396 e. The molecule has 7 heteroatoms. The molecule has 0 aliphatic heterocycles. The summed E-state index contributed by atoms with van der Waals surface area (Å²) in [6.07, 6.45) is 6.77. The number of aliphatic hydroxyl groups excluding tert-OH is 2. The fourth-order valence-electron chi connectivity index (χ4n) is 2.40.